The van der Waals surface area contributed by atoms with Crippen molar-refractivity contribution in [3.05, 3.63) is 60.4 Å². The van der Waals surface area contributed by atoms with E-state index in [0.29, 0.717) is 34.0 Å². The lowest BCUT2D eigenvalue weighted by Gasteiger charge is -2.12. The van der Waals surface area contributed by atoms with E-state index in [-0.39, 0.29) is 5.56 Å². The Hall–Kier alpha value is -3.87. The van der Waals surface area contributed by atoms with Gasteiger partial charge in [-0.05, 0) is 23.6 Å². The number of carbonyl (C=O) groups is 1. The smallest absolute Gasteiger partial charge is 0.336 e. The van der Waals surface area contributed by atoms with Crippen LogP contribution < -0.4 is 14.2 Å². The van der Waals surface area contributed by atoms with Crippen molar-refractivity contribution < 1.29 is 24.1 Å². The second-order valence-corrected chi connectivity index (χ2v) is 5.99. The first-order chi connectivity index (χ1) is 13.6. The van der Waals surface area contributed by atoms with Gasteiger partial charge in [0.25, 0.3) is 0 Å². The Kier molecular flexibility index (Phi) is 4.41. The first-order valence-electron chi connectivity index (χ1n) is 8.41. The molecule has 1 N–H and O–H groups in total. The zero-order valence-corrected chi connectivity index (χ0v) is 15.2. The minimum Gasteiger partial charge on any atom is -0.493 e. The van der Waals surface area contributed by atoms with Crippen molar-refractivity contribution in [1.29, 1.82) is 0 Å². The minimum absolute atomic E-state index is 0.197. The molecule has 0 bridgehead atoms. The molecule has 0 spiro atoms. The Morgan fingerprint density at radius 2 is 1.71 bits per heavy atom. The molecule has 0 radical (unpaired) electrons. The predicted octanol–water partition coefficient (Wildman–Crippen LogP) is 4.29. The molecule has 0 aliphatic heterocycles. The van der Waals surface area contributed by atoms with E-state index in [4.69, 9.17) is 14.2 Å². The number of rotatable bonds is 5. The van der Waals surface area contributed by atoms with Crippen LogP contribution in [0.5, 0.6) is 23.1 Å². The van der Waals surface area contributed by atoms with Crippen LogP contribution in [0.4, 0.5) is 0 Å². The maximum absolute atomic E-state index is 11.4. The third-order valence-corrected chi connectivity index (χ3v) is 4.39. The SMILES string of the molecule is COc1cc2nccc(Oc3cc4cccc(C(=O)O)c4cn3)c2cc1OC. The highest BCUT2D eigenvalue weighted by atomic mass is 16.5. The fraction of sp³-hybridized carbons (Fsp3) is 0.0952. The van der Waals surface area contributed by atoms with E-state index < -0.39 is 5.97 Å². The molecule has 0 saturated heterocycles. The Balaban J connectivity index is 1.78. The zero-order chi connectivity index (χ0) is 19.7. The van der Waals surface area contributed by atoms with Crippen LogP contribution in [0.3, 0.4) is 0 Å². The molecule has 0 atom stereocenters. The minimum atomic E-state index is -0.998. The summed E-state index contributed by atoms with van der Waals surface area (Å²) >= 11 is 0. The largest absolute Gasteiger partial charge is 0.493 e. The van der Waals surface area contributed by atoms with Crippen LogP contribution in [0, 0.1) is 0 Å². The molecule has 4 aromatic rings. The number of aromatic nitrogens is 2. The molecule has 2 aromatic carbocycles. The summed E-state index contributed by atoms with van der Waals surface area (Å²) in [7, 11) is 3.12. The maximum atomic E-state index is 11.4. The van der Waals surface area contributed by atoms with Gasteiger partial charge in [0.1, 0.15) is 5.75 Å². The van der Waals surface area contributed by atoms with Gasteiger partial charge in [-0.15, -0.1) is 0 Å². The lowest BCUT2D eigenvalue weighted by molar-refractivity contribution is 0.0699. The molecule has 0 saturated carbocycles. The quantitative estimate of drug-likeness (QED) is 0.555. The third-order valence-electron chi connectivity index (χ3n) is 4.39. The number of fused-ring (bicyclic) bond motifs is 2. The molecule has 140 valence electrons. The average Bonchev–Trinajstić information content (AvgIpc) is 2.72. The van der Waals surface area contributed by atoms with Crippen molar-refractivity contribution in [3.8, 4) is 23.1 Å². The third kappa shape index (κ3) is 3.03. The molecule has 0 fully saturated rings. The highest BCUT2D eigenvalue weighted by Crippen LogP contribution is 2.36. The normalized spacial score (nSPS) is 10.8. The van der Waals surface area contributed by atoms with Gasteiger partial charge in [-0.3, -0.25) is 4.98 Å². The van der Waals surface area contributed by atoms with Crippen molar-refractivity contribution in [3.63, 3.8) is 0 Å². The van der Waals surface area contributed by atoms with E-state index in [0.717, 1.165) is 10.8 Å². The molecule has 28 heavy (non-hydrogen) atoms. The first-order valence-corrected chi connectivity index (χ1v) is 8.41. The standard InChI is InChI=1S/C21H16N2O5/c1-26-18-9-14-16(10-19(18)27-2)22-7-6-17(14)28-20-8-12-4-3-5-13(21(24)25)15(12)11-23-20/h3-11H,1-2H3,(H,24,25). The maximum Gasteiger partial charge on any atom is 0.336 e. The Morgan fingerprint density at radius 1 is 0.929 bits per heavy atom. The molecule has 0 aliphatic rings. The van der Waals surface area contributed by atoms with E-state index in [1.807, 2.05) is 6.07 Å². The molecule has 0 amide bonds. The van der Waals surface area contributed by atoms with E-state index in [2.05, 4.69) is 9.97 Å². The summed E-state index contributed by atoms with van der Waals surface area (Å²) in [5.74, 6) is 1.03. The number of methoxy groups -OCH3 is 2. The number of nitrogens with zero attached hydrogens (tertiary/aromatic N) is 2. The van der Waals surface area contributed by atoms with E-state index in [1.54, 1.807) is 56.8 Å². The van der Waals surface area contributed by atoms with Gasteiger partial charge < -0.3 is 19.3 Å². The van der Waals surface area contributed by atoms with Gasteiger partial charge in [0.05, 0.1) is 25.3 Å². The van der Waals surface area contributed by atoms with Crippen molar-refractivity contribution in [1.82, 2.24) is 9.97 Å². The van der Waals surface area contributed by atoms with Crippen LogP contribution in [0.25, 0.3) is 21.7 Å². The van der Waals surface area contributed by atoms with Crippen LogP contribution in [-0.2, 0) is 0 Å². The molecular formula is C21H16N2O5. The predicted molar refractivity (Wildman–Crippen MR) is 104 cm³/mol. The Labute approximate surface area is 160 Å². The lowest BCUT2D eigenvalue weighted by atomic mass is 10.1. The molecule has 4 rings (SSSR count). The van der Waals surface area contributed by atoms with Crippen molar-refractivity contribution in [2.24, 2.45) is 0 Å². The summed E-state index contributed by atoms with van der Waals surface area (Å²) < 4.78 is 16.7. The molecule has 2 heterocycles. The monoisotopic (exact) mass is 376 g/mol. The summed E-state index contributed by atoms with van der Waals surface area (Å²) in [6.07, 6.45) is 3.13. The molecule has 2 aromatic heterocycles. The summed E-state index contributed by atoms with van der Waals surface area (Å²) in [5, 5.41) is 11.3. The summed E-state index contributed by atoms with van der Waals surface area (Å²) in [6, 6.07) is 12.0. The topological polar surface area (TPSA) is 90.8 Å². The van der Waals surface area contributed by atoms with Crippen LogP contribution >= 0.6 is 0 Å². The van der Waals surface area contributed by atoms with Crippen molar-refractivity contribution in [2.45, 2.75) is 0 Å². The van der Waals surface area contributed by atoms with Gasteiger partial charge in [-0.1, -0.05) is 12.1 Å². The number of carboxylic acids is 1. The van der Waals surface area contributed by atoms with Gasteiger partial charge in [-0.25, -0.2) is 9.78 Å². The molecule has 0 unspecified atom stereocenters. The number of hydrogen-bond donors (Lipinski definition) is 1. The molecule has 7 heteroatoms. The molecule has 7 nitrogen and oxygen atoms in total. The number of aromatic carboxylic acids is 1. The van der Waals surface area contributed by atoms with Crippen LogP contribution in [0.1, 0.15) is 10.4 Å². The fourth-order valence-electron chi connectivity index (χ4n) is 3.04. The average molecular weight is 376 g/mol. The number of hydrogen-bond acceptors (Lipinski definition) is 6. The van der Waals surface area contributed by atoms with Gasteiger partial charge in [0.15, 0.2) is 11.5 Å². The lowest BCUT2D eigenvalue weighted by Crippen LogP contribution is -1.98. The summed E-state index contributed by atoms with van der Waals surface area (Å²) in [6.45, 7) is 0. The zero-order valence-electron chi connectivity index (χ0n) is 15.2. The van der Waals surface area contributed by atoms with Gasteiger partial charge in [0.2, 0.25) is 5.88 Å². The Bertz CT molecular complexity index is 1210. The highest BCUT2D eigenvalue weighted by molar-refractivity contribution is 6.03. The second-order valence-electron chi connectivity index (χ2n) is 5.99. The number of ether oxygens (including phenoxy) is 3. The van der Waals surface area contributed by atoms with E-state index in [9.17, 15) is 9.90 Å². The number of benzene rings is 2. The van der Waals surface area contributed by atoms with Crippen molar-refractivity contribution in [2.75, 3.05) is 14.2 Å². The fourth-order valence-corrected chi connectivity index (χ4v) is 3.04. The number of carboxylic acid groups (broad SMARTS) is 1. The second kappa shape index (κ2) is 7.03. The van der Waals surface area contributed by atoms with E-state index in [1.165, 1.54) is 6.20 Å². The molecule has 0 aliphatic carbocycles. The Morgan fingerprint density at radius 3 is 2.46 bits per heavy atom. The van der Waals surface area contributed by atoms with Crippen LogP contribution in [-0.4, -0.2) is 35.3 Å². The van der Waals surface area contributed by atoms with Gasteiger partial charge in [0, 0.05) is 35.3 Å². The highest BCUT2D eigenvalue weighted by Gasteiger charge is 2.13. The first kappa shape index (κ1) is 17.5. The van der Waals surface area contributed by atoms with E-state index >= 15 is 0 Å². The molecular weight excluding hydrogens is 360 g/mol. The van der Waals surface area contributed by atoms with Gasteiger partial charge >= 0.3 is 5.97 Å². The van der Waals surface area contributed by atoms with Gasteiger partial charge in [-0.2, -0.15) is 0 Å². The van der Waals surface area contributed by atoms with Crippen LogP contribution in [0.2, 0.25) is 0 Å². The van der Waals surface area contributed by atoms with Crippen LogP contribution in [0.15, 0.2) is 54.9 Å². The van der Waals surface area contributed by atoms with Crippen molar-refractivity contribution >= 4 is 27.6 Å². The summed E-state index contributed by atoms with van der Waals surface area (Å²) in [4.78, 5) is 20.0. The number of pyridine rings is 2. The summed E-state index contributed by atoms with van der Waals surface area (Å²) in [5.41, 5.74) is 0.881.